The zero-order valence-electron chi connectivity index (χ0n) is 15.0. The van der Waals surface area contributed by atoms with Crippen LogP contribution in [-0.4, -0.2) is 18.1 Å². The first-order valence-corrected chi connectivity index (χ1v) is 9.27. The fraction of sp³-hybridized carbons (Fsp3) is 0. The molecule has 1 N–H and O–H groups in total. The molecule has 7 heteroatoms. The van der Waals surface area contributed by atoms with Crippen LogP contribution in [0.5, 0.6) is 5.75 Å². The normalized spacial score (nSPS) is 10.3. The predicted molar refractivity (Wildman–Crippen MR) is 112 cm³/mol. The summed E-state index contributed by atoms with van der Waals surface area (Å²) in [5, 5.41) is 12.7. The van der Waals surface area contributed by atoms with Crippen LogP contribution in [0.15, 0.2) is 82.4 Å². The van der Waals surface area contributed by atoms with Gasteiger partial charge in [0.15, 0.2) is 0 Å². The number of nitrogens with zero attached hydrogens (tertiary/aromatic N) is 2. The Balaban J connectivity index is 1.70. The van der Waals surface area contributed by atoms with Crippen LogP contribution >= 0.6 is 15.9 Å². The van der Waals surface area contributed by atoms with E-state index in [1.165, 1.54) is 18.3 Å². The maximum atomic E-state index is 12.4. The van der Waals surface area contributed by atoms with Gasteiger partial charge in [-0.15, -0.1) is 0 Å². The number of amides is 1. The second-order valence-corrected chi connectivity index (χ2v) is 6.65. The number of rotatable bonds is 5. The van der Waals surface area contributed by atoms with Crippen LogP contribution in [-0.2, 0) is 0 Å². The van der Waals surface area contributed by atoms with Gasteiger partial charge in [0.25, 0.3) is 5.91 Å². The first-order valence-electron chi connectivity index (χ1n) is 8.48. The Bertz CT molecular complexity index is 1120. The SMILES string of the molecule is N#Cc1ccc(C(=O)N/N=C\c2ccccc2OC(=O)c2ccccc2Br)cc1. The van der Waals surface area contributed by atoms with Crippen molar-refractivity contribution in [3.05, 3.63) is 99.5 Å². The molecule has 0 aliphatic carbocycles. The fourth-order valence-electron chi connectivity index (χ4n) is 2.38. The average Bonchev–Trinajstić information content (AvgIpc) is 2.75. The van der Waals surface area contributed by atoms with E-state index in [1.807, 2.05) is 6.07 Å². The van der Waals surface area contributed by atoms with E-state index in [-0.39, 0.29) is 0 Å². The van der Waals surface area contributed by atoms with Crippen LogP contribution in [0.4, 0.5) is 0 Å². The molecule has 6 nitrogen and oxygen atoms in total. The van der Waals surface area contributed by atoms with Gasteiger partial charge in [-0.05, 0) is 64.5 Å². The predicted octanol–water partition coefficient (Wildman–Crippen LogP) is 4.30. The van der Waals surface area contributed by atoms with Gasteiger partial charge in [-0.1, -0.05) is 24.3 Å². The largest absolute Gasteiger partial charge is 0.422 e. The highest BCUT2D eigenvalue weighted by molar-refractivity contribution is 9.10. The van der Waals surface area contributed by atoms with Gasteiger partial charge in [0, 0.05) is 15.6 Å². The molecule has 3 aromatic carbocycles. The number of hydrazone groups is 1. The lowest BCUT2D eigenvalue weighted by molar-refractivity contribution is 0.0733. The summed E-state index contributed by atoms with van der Waals surface area (Å²) in [6, 6.07) is 22.0. The summed E-state index contributed by atoms with van der Waals surface area (Å²) in [4.78, 5) is 24.5. The average molecular weight is 448 g/mol. The number of para-hydroxylation sites is 1. The van der Waals surface area contributed by atoms with E-state index in [1.54, 1.807) is 60.7 Å². The molecule has 0 spiro atoms. The third-order valence-corrected chi connectivity index (χ3v) is 4.55. The molecule has 0 aliphatic rings. The lowest BCUT2D eigenvalue weighted by atomic mass is 10.1. The summed E-state index contributed by atoms with van der Waals surface area (Å²) >= 11 is 3.33. The molecular formula is C22H14BrN3O3. The van der Waals surface area contributed by atoms with E-state index < -0.39 is 11.9 Å². The lowest BCUT2D eigenvalue weighted by Gasteiger charge is -2.08. The number of ether oxygens (including phenoxy) is 1. The van der Waals surface area contributed by atoms with E-state index in [9.17, 15) is 9.59 Å². The van der Waals surface area contributed by atoms with Gasteiger partial charge in [0.05, 0.1) is 23.4 Å². The second-order valence-electron chi connectivity index (χ2n) is 5.80. The molecule has 3 rings (SSSR count). The first kappa shape index (κ1) is 20.0. The molecule has 0 aliphatic heterocycles. The number of esters is 1. The smallest absolute Gasteiger partial charge is 0.344 e. The molecule has 0 unspecified atom stereocenters. The van der Waals surface area contributed by atoms with E-state index in [0.717, 1.165) is 0 Å². The molecule has 0 saturated carbocycles. The van der Waals surface area contributed by atoms with Crippen molar-refractivity contribution in [2.75, 3.05) is 0 Å². The summed E-state index contributed by atoms with van der Waals surface area (Å²) in [7, 11) is 0. The molecular weight excluding hydrogens is 434 g/mol. The molecule has 3 aromatic rings. The zero-order valence-corrected chi connectivity index (χ0v) is 16.6. The number of nitrogens with one attached hydrogen (secondary N) is 1. The van der Waals surface area contributed by atoms with Crippen molar-refractivity contribution in [3.63, 3.8) is 0 Å². The molecule has 0 atom stereocenters. The van der Waals surface area contributed by atoms with Crippen LogP contribution in [0.25, 0.3) is 0 Å². The van der Waals surface area contributed by atoms with E-state index in [4.69, 9.17) is 10.00 Å². The third-order valence-electron chi connectivity index (χ3n) is 3.86. The summed E-state index contributed by atoms with van der Waals surface area (Å²) in [6.07, 6.45) is 1.39. The van der Waals surface area contributed by atoms with Crippen molar-refractivity contribution in [2.24, 2.45) is 5.10 Å². The van der Waals surface area contributed by atoms with Gasteiger partial charge < -0.3 is 4.74 Å². The van der Waals surface area contributed by atoms with E-state index in [0.29, 0.717) is 32.5 Å². The molecule has 0 fully saturated rings. The molecule has 0 aromatic heterocycles. The number of benzene rings is 3. The summed E-state index contributed by atoms with van der Waals surface area (Å²) in [5.41, 5.74) is 4.16. The molecule has 0 heterocycles. The number of nitriles is 1. The van der Waals surface area contributed by atoms with Gasteiger partial charge in [0.1, 0.15) is 5.75 Å². The van der Waals surface area contributed by atoms with Gasteiger partial charge in [-0.3, -0.25) is 4.79 Å². The number of hydrogen-bond donors (Lipinski definition) is 1. The highest BCUT2D eigenvalue weighted by atomic mass is 79.9. The maximum absolute atomic E-state index is 12.4. The summed E-state index contributed by atoms with van der Waals surface area (Å²) in [5.74, 6) is -0.627. The van der Waals surface area contributed by atoms with E-state index in [2.05, 4.69) is 26.5 Å². The Morgan fingerprint density at radius 3 is 2.41 bits per heavy atom. The second kappa shape index (κ2) is 9.44. The molecule has 0 radical (unpaired) electrons. The Morgan fingerprint density at radius 1 is 1.00 bits per heavy atom. The van der Waals surface area contributed by atoms with Crippen molar-refractivity contribution < 1.29 is 14.3 Å². The number of halogens is 1. The van der Waals surface area contributed by atoms with Gasteiger partial charge in [-0.2, -0.15) is 10.4 Å². The zero-order chi connectivity index (χ0) is 20.6. The lowest BCUT2D eigenvalue weighted by Crippen LogP contribution is -2.17. The van der Waals surface area contributed by atoms with Gasteiger partial charge in [-0.25, -0.2) is 10.2 Å². The van der Waals surface area contributed by atoms with Crippen LogP contribution in [0, 0.1) is 11.3 Å². The molecule has 0 bridgehead atoms. The first-order chi connectivity index (χ1) is 14.1. The summed E-state index contributed by atoms with van der Waals surface area (Å²) in [6.45, 7) is 0. The van der Waals surface area contributed by atoms with Crippen molar-refractivity contribution in [2.45, 2.75) is 0 Å². The van der Waals surface area contributed by atoms with Crippen LogP contribution in [0.1, 0.15) is 31.8 Å². The Hall–Kier alpha value is -3.76. The van der Waals surface area contributed by atoms with Crippen LogP contribution in [0.3, 0.4) is 0 Å². The highest BCUT2D eigenvalue weighted by Crippen LogP contribution is 2.21. The monoisotopic (exact) mass is 447 g/mol. The number of carbonyl (C=O) groups excluding carboxylic acids is 2. The minimum Gasteiger partial charge on any atom is -0.422 e. The number of carbonyl (C=O) groups is 2. The van der Waals surface area contributed by atoms with Crippen LogP contribution in [0.2, 0.25) is 0 Å². The maximum Gasteiger partial charge on any atom is 0.344 e. The third kappa shape index (κ3) is 5.15. The number of hydrogen-bond acceptors (Lipinski definition) is 5. The molecule has 29 heavy (non-hydrogen) atoms. The molecule has 0 saturated heterocycles. The Morgan fingerprint density at radius 2 is 1.69 bits per heavy atom. The van der Waals surface area contributed by atoms with Crippen molar-refractivity contribution in [1.82, 2.24) is 5.43 Å². The minimum absolute atomic E-state index is 0.310. The summed E-state index contributed by atoms with van der Waals surface area (Å²) < 4.78 is 6.11. The Labute approximate surface area is 175 Å². The highest BCUT2D eigenvalue weighted by Gasteiger charge is 2.13. The van der Waals surface area contributed by atoms with Crippen LogP contribution < -0.4 is 10.2 Å². The molecule has 1 amide bonds. The standard InChI is InChI=1S/C22H14BrN3O3/c23-19-7-3-2-6-18(19)22(28)29-20-8-4-1-5-17(20)14-25-26-21(27)16-11-9-15(13-24)10-12-16/h1-12,14H,(H,26,27)/b25-14-. The molecule has 142 valence electrons. The minimum atomic E-state index is -0.514. The van der Waals surface area contributed by atoms with Gasteiger partial charge >= 0.3 is 5.97 Å². The van der Waals surface area contributed by atoms with Crippen molar-refractivity contribution in [3.8, 4) is 11.8 Å². The van der Waals surface area contributed by atoms with E-state index >= 15 is 0 Å². The Kier molecular flexibility index (Phi) is 6.51. The topological polar surface area (TPSA) is 91.6 Å². The van der Waals surface area contributed by atoms with Crippen molar-refractivity contribution >= 4 is 34.0 Å². The fourth-order valence-corrected chi connectivity index (χ4v) is 2.83. The van der Waals surface area contributed by atoms with Crippen molar-refractivity contribution in [1.29, 1.82) is 5.26 Å². The quantitative estimate of drug-likeness (QED) is 0.273. The van der Waals surface area contributed by atoms with Gasteiger partial charge in [0.2, 0.25) is 0 Å².